The summed E-state index contributed by atoms with van der Waals surface area (Å²) in [5.74, 6) is 0. The number of nitrogens with zero attached hydrogens (tertiary/aromatic N) is 2. The van der Waals surface area contributed by atoms with E-state index in [0.29, 0.717) is 19.1 Å². The number of hydrogen-bond acceptors (Lipinski definition) is 4. The largest absolute Gasteiger partial charge is 0.326 e. The molecule has 0 bridgehead atoms. The lowest BCUT2D eigenvalue weighted by Gasteiger charge is -2.40. The summed E-state index contributed by atoms with van der Waals surface area (Å²) >= 11 is 0. The Balaban J connectivity index is 2.55. The molecule has 2 unspecified atom stereocenters. The fraction of sp³-hybridized carbons (Fsp3) is 1.00. The predicted octanol–water partition coefficient (Wildman–Crippen LogP) is 0.470. The second-order valence-electron chi connectivity index (χ2n) is 5.13. The molecule has 0 aromatic heterocycles. The van der Waals surface area contributed by atoms with Crippen LogP contribution < -0.4 is 5.73 Å². The highest BCUT2D eigenvalue weighted by molar-refractivity contribution is 7.88. The van der Waals surface area contributed by atoms with Crippen LogP contribution in [-0.4, -0.2) is 62.1 Å². The van der Waals surface area contributed by atoms with Gasteiger partial charge in [0.25, 0.3) is 0 Å². The monoisotopic (exact) mass is 277 g/mol. The highest BCUT2D eigenvalue weighted by Crippen LogP contribution is 2.15. The summed E-state index contributed by atoms with van der Waals surface area (Å²) in [6.07, 6.45) is 4.44. The first-order valence-electron chi connectivity index (χ1n) is 6.84. The molecule has 0 aliphatic carbocycles. The fourth-order valence-corrected chi connectivity index (χ4v) is 3.55. The molecule has 2 atom stereocenters. The summed E-state index contributed by atoms with van der Waals surface area (Å²) in [4.78, 5) is 2.35. The fourth-order valence-electron chi connectivity index (χ4n) is 2.72. The maximum absolute atomic E-state index is 11.5. The zero-order chi connectivity index (χ0) is 13.8. The Labute approximate surface area is 111 Å². The molecule has 108 valence electrons. The first kappa shape index (κ1) is 15.9. The summed E-state index contributed by atoms with van der Waals surface area (Å²) in [6.45, 7) is 7.08. The van der Waals surface area contributed by atoms with E-state index in [-0.39, 0.29) is 6.04 Å². The van der Waals surface area contributed by atoms with Gasteiger partial charge < -0.3 is 5.73 Å². The standard InChI is InChI=1S/C12H27N3O2S/c1-4-6-11(13)12(5-2)14-7-9-15(10-8-14)18(3,16)17/h11-12H,4-10,13H2,1-3H3. The van der Waals surface area contributed by atoms with E-state index in [1.165, 1.54) is 6.26 Å². The smallest absolute Gasteiger partial charge is 0.211 e. The molecule has 1 saturated heterocycles. The molecule has 1 heterocycles. The van der Waals surface area contributed by atoms with Gasteiger partial charge in [0.1, 0.15) is 0 Å². The van der Waals surface area contributed by atoms with Crippen molar-refractivity contribution in [1.29, 1.82) is 0 Å². The molecule has 1 aliphatic heterocycles. The van der Waals surface area contributed by atoms with Crippen molar-refractivity contribution in [3.05, 3.63) is 0 Å². The van der Waals surface area contributed by atoms with Gasteiger partial charge in [-0.2, -0.15) is 4.31 Å². The average molecular weight is 277 g/mol. The summed E-state index contributed by atoms with van der Waals surface area (Å²) in [5.41, 5.74) is 6.22. The van der Waals surface area contributed by atoms with E-state index in [9.17, 15) is 8.42 Å². The van der Waals surface area contributed by atoms with Crippen molar-refractivity contribution in [3.63, 3.8) is 0 Å². The van der Waals surface area contributed by atoms with Gasteiger partial charge in [-0.1, -0.05) is 20.3 Å². The Bertz CT molecular complexity index is 337. The number of piperazine rings is 1. The Hall–Kier alpha value is -0.170. The van der Waals surface area contributed by atoms with Gasteiger partial charge in [-0.05, 0) is 12.8 Å². The van der Waals surface area contributed by atoms with E-state index in [0.717, 1.165) is 32.4 Å². The van der Waals surface area contributed by atoms with Crippen LogP contribution in [0.25, 0.3) is 0 Å². The number of rotatable bonds is 6. The summed E-state index contributed by atoms with van der Waals surface area (Å²) < 4.78 is 24.5. The topological polar surface area (TPSA) is 66.6 Å². The van der Waals surface area contributed by atoms with E-state index in [1.54, 1.807) is 4.31 Å². The Morgan fingerprint density at radius 3 is 2.11 bits per heavy atom. The third kappa shape index (κ3) is 4.19. The minimum Gasteiger partial charge on any atom is -0.326 e. The minimum absolute atomic E-state index is 0.199. The average Bonchev–Trinajstić information content (AvgIpc) is 2.30. The SMILES string of the molecule is CCCC(N)C(CC)N1CCN(S(C)(=O)=O)CC1. The third-order valence-corrected chi connectivity index (χ3v) is 5.05. The summed E-state index contributed by atoms with van der Waals surface area (Å²) in [5, 5.41) is 0. The number of nitrogens with two attached hydrogens (primary N) is 1. The van der Waals surface area contributed by atoms with Crippen LogP contribution in [0.2, 0.25) is 0 Å². The molecule has 1 fully saturated rings. The maximum Gasteiger partial charge on any atom is 0.211 e. The van der Waals surface area contributed by atoms with Gasteiger partial charge in [-0.25, -0.2) is 8.42 Å². The van der Waals surface area contributed by atoms with Crippen molar-refractivity contribution in [1.82, 2.24) is 9.21 Å². The van der Waals surface area contributed by atoms with Gasteiger partial charge in [0, 0.05) is 38.3 Å². The van der Waals surface area contributed by atoms with Crippen molar-refractivity contribution in [2.24, 2.45) is 5.73 Å². The second kappa shape index (κ2) is 6.84. The normalized spacial score (nSPS) is 22.9. The van der Waals surface area contributed by atoms with E-state index >= 15 is 0 Å². The lowest BCUT2D eigenvalue weighted by molar-refractivity contribution is 0.115. The van der Waals surface area contributed by atoms with Crippen LogP contribution in [0, 0.1) is 0 Å². The molecule has 0 radical (unpaired) electrons. The maximum atomic E-state index is 11.5. The van der Waals surface area contributed by atoms with Crippen molar-refractivity contribution >= 4 is 10.0 Å². The quantitative estimate of drug-likeness (QED) is 0.766. The van der Waals surface area contributed by atoms with Crippen LogP contribution >= 0.6 is 0 Å². The zero-order valence-electron chi connectivity index (χ0n) is 11.8. The van der Waals surface area contributed by atoms with Crippen LogP contribution in [0.5, 0.6) is 0 Å². The number of sulfonamides is 1. The lowest BCUT2D eigenvalue weighted by Crippen LogP contribution is -2.56. The molecule has 0 spiro atoms. The molecule has 6 heteroatoms. The van der Waals surface area contributed by atoms with Crippen LogP contribution in [0.3, 0.4) is 0 Å². The highest BCUT2D eigenvalue weighted by Gasteiger charge is 2.29. The molecule has 0 saturated carbocycles. The number of hydrogen-bond donors (Lipinski definition) is 1. The van der Waals surface area contributed by atoms with Crippen LogP contribution in [0.4, 0.5) is 0 Å². The molecule has 0 aromatic carbocycles. The molecule has 5 nitrogen and oxygen atoms in total. The van der Waals surface area contributed by atoms with Gasteiger partial charge in [0.2, 0.25) is 10.0 Å². The van der Waals surface area contributed by atoms with Gasteiger partial charge in [-0.15, -0.1) is 0 Å². The molecular formula is C12H27N3O2S. The first-order valence-corrected chi connectivity index (χ1v) is 8.69. The highest BCUT2D eigenvalue weighted by atomic mass is 32.2. The predicted molar refractivity (Wildman–Crippen MR) is 75.0 cm³/mol. The third-order valence-electron chi connectivity index (χ3n) is 3.75. The van der Waals surface area contributed by atoms with Gasteiger partial charge in [-0.3, -0.25) is 4.90 Å². The molecular weight excluding hydrogens is 250 g/mol. The molecule has 18 heavy (non-hydrogen) atoms. The molecule has 0 amide bonds. The van der Waals surface area contributed by atoms with Crippen molar-refractivity contribution in [2.45, 2.75) is 45.2 Å². The van der Waals surface area contributed by atoms with E-state index < -0.39 is 10.0 Å². The molecule has 2 N–H and O–H groups in total. The van der Waals surface area contributed by atoms with Gasteiger partial charge in [0.15, 0.2) is 0 Å². The zero-order valence-corrected chi connectivity index (χ0v) is 12.6. The van der Waals surface area contributed by atoms with E-state index in [1.807, 2.05) is 0 Å². The van der Waals surface area contributed by atoms with Crippen LogP contribution in [-0.2, 0) is 10.0 Å². The van der Waals surface area contributed by atoms with Crippen LogP contribution in [0.15, 0.2) is 0 Å². The Morgan fingerprint density at radius 1 is 1.17 bits per heavy atom. The van der Waals surface area contributed by atoms with Crippen molar-refractivity contribution < 1.29 is 8.42 Å². The van der Waals surface area contributed by atoms with Crippen molar-refractivity contribution in [3.8, 4) is 0 Å². The Kier molecular flexibility index (Phi) is 6.04. The van der Waals surface area contributed by atoms with Gasteiger partial charge in [0.05, 0.1) is 6.26 Å². The first-order chi connectivity index (χ1) is 8.40. The van der Waals surface area contributed by atoms with Crippen LogP contribution in [0.1, 0.15) is 33.1 Å². The van der Waals surface area contributed by atoms with Gasteiger partial charge >= 0.3 is 0 Å². The molecule has 0 aromatic rings. The Morgan fingerprint density at radius 2 is 1.72 bits per heavy atom. The molecule has 1 aliphatic rings. The summed E-state index contributed by atoms with van der Waals surface area (Å²) in [7, 11) is -3.04. The van der Waals surface area contributed by atoms with E-state index in [2.05, 4.69) is 18.7 Å². The molecule has 1 rings (SSSR count). The van der Waals surface area contributed by atoms with Crippen molar-refractivity contribution in [2.75, 3.05) is 32.4 Å². The minimum atomic E-state index is -3.04. The lowest BCUT2D eigenvalue weighted by atomic mass is 9.99. The second-order valence-corrected chi connectivity index (χ2v) is 7.11. The van der Waals surface area contributed by atoms with E-state index in [4.69, 9.17) is 5.73 Å². The summed E-state index contributed by atoms with van der Waals surface area (Å²) in [6, 6.07) is 0.580.